The predicted octanol–water partition coefficient (Wildman–Crippen LogP) is 2.64. The van der Waals surface area contributed by atoms with E-state index in [0.29, 0.717) is 5.69 Å². The highest BCUT2D eigenvalue weighted by Gasteiger charge is 2.25. The number of carbonyl (C=O) groups is 1. The van der Waals surface area contributed by atoms with Gasteiger partial charge in [0.25, 0.3) is 5.91 Å². The number of carbonyl (C=O) groups excluding carboxylic acids is 1. The van der Waals surface area contributed by atoms with E-state index < -0.39 is 0 Å². The Hall–Kier alpha value is -1.69. The topological polar surface area (TPSA) is 59.8 Å². The van der Waals surface area contributed by atoms with Crippen LogP contribution in [0.5, 0.6) is 0 Å². The zero-order valence-electron chi connectivity index (χ0n) is 12.4. The van der Waals surface area contributed by atoms with Gasteiger partial charge in [0.15, 0.2) is 5.69 Å². The van der Waals surface area contributed by atoms with Crippen LogP contribution in [-0.2, 0) is 19.9 Å². The molecule has 3 rings (SSSR count). The fourth-order valence-electron chi connectivity index (χ4n) is 2.93. The maximum atomic E-state index is 12.6. The lowest BCUT2D eigenvalue weighted by Crippen LogP contribution is -2.29. The monoisotopic (exact) mass is 304 g/mol. The van der Waals surface area contributed by atoms with Gasteiger partial charge in [0.2, 0.25) is 0 Å². The Kier molecular flexibility index (Phi) is 4.05. The summed E-state index contributed by atoms with van der Waals surface area (Å²) in [5.74, 6) is -0.0733. The number of aryl methyl sites for hydroxylation is 1. The predicted molar refractivity (Wildman–Crippen MR) is 82.5 cm³/mol. The summed E-state index contributed by atoms with van der Waals surface area (Å²) in [6, 6.07) is -0.0289. The summed E-state index contributed by atoms with van der Waals surface area (Å²) in [4.78, 5) is 16.9. The highest BCUT2D eigenvalue weighted by Crippen LogP contribution is 2.25. The van der Waals surface area contributed by atoms with E-state index in [2.05, 4.69) is 22.3 Å². The van der Waals surface area contributed by atoms with E-state index in [1.807, 2.05) is 17.1 Å². The van der Waals surface area contributed by atoms with Gasteiger partial charge in [-0.3, -0.25) is 9.48 Å². The summed E-state index contributed by atoms with van der Waals surface area (Å²) < 4.78 is 1.87. The first-order chi connectivity index (χ1) is 10.2. The first-order valence-corrected chi connectivity index (χ1v) is 8.33. The Bertz CT molecular complexity index is 632. The van der Waals surface area contributed by atoms with Crippen LogP contribution in [0.2, 0.25) is 0 Å². The van der Waals surface area contributed by atoms with Crippen LogP contribution in [0, 0.1) is 0 Å². The van der Waals surface area contributed by atoms with Crippen LogP contribution in [0.15, 0.2) is 11.6 Å². The number of nitrogens with zero attached hydrogens (tertiary/aromatic N) is 3. The Morgan fingerprint density at radius 3 is 3.00 bits per heavy atom. The van der Waals surface area contributed by atoms with Crippen LogP contribution in [0.3, 0.4) is 0 Å². The molecule has 0 aliphatic heterocycles. The number of thiazole rings is 1. The number of nitrogens with one attached hydrogen (secondary N) is 1. The molecule has 0 spiro atoms. The number of fused-ring (bicyclic) bond motifs is 1. The fourth-order valence-corrected chi connectivity index (χ4v) is 3.70. The van der Waals surface area contributed by atoms with Crippen LogP contribution < -0.4 is 5.32 Å². The standard InChI is InChI=1S/C15H20N4OS/c1-3-11(15-16-8-9-21-15)17-14(20)13-10-6-4-5-7-12(10)19(2)18-13/h8-9,11H,3-7H2,1-2H3,(H,17,20)/t11-/m0/s1. The SMILES string of the molecule is CC[C@H](NC(=O)c1nn(C)c2c1CCCC2)c1nccs1. The maximum Gasteiger partial charge on any atom is 0.272 e. The molecule has 0 radical (unpaired) electrons. The van der Waals surface area contributed by atoms with Gasteiger partial charge in [0.1, 0.15) is 5.01 Å². The van der Waals surface area contributed by atoms with Crippen LogP contribution in [0.1, 0.15) is 59.0 Å². The van der Waals surface area contributed by atoms with E-state index in [9.17, 15) is 4.79 Å². The molecule has 5 nitrogen and oxygen atoms in total. The molecule has 0 aromatic carbocycles. The Labute approximate surface area is 128 Å². The molecule has 2 aromatic rings. The summed E-state index contributed by atoms with van der Waals surface area (Å²) >= 11 is 1.58. The number of hydrogen-bond donors (Lipinski definition) is 1. The Morgan fingerprint density at radius 2 is 2.29 bits per heavy atom. The second-order valence-electron chi connectivity index (χ2n) is 5.41. The Balaban J connectivity index is 1.82. The number of amides is 1. The molecular weight excluding hydrogens is 284 g/mol. The third-order valence-electron chi connectivity index (χ3n) is 4.04. The van der Waals surface area contributed by atoms with Gasteiger partial charge in [-0.05, 0) is 32.1 Å². The van der Waals surface area contributed by atoms with Crippen LogP contribution in [0.4, 0.5) is 0 Å². The zero-order chi connectivity index (χ0) is 14.8. The molecule has 1 atom stereocenters. The van der Waals surface area contributed by atoms with E-state index in [1.165, 1.54) is 12.1 Å². The quantitative estimate of drug-likeness (QED) is 0.944. The summed E-state index contributed by atoms with van der Waals surface area (Å²) in [6.07, 6.45) is 6.91. The van der Waals surface area contributed by atoms with Crippen molar-refractivity contribution in [3.63, 3.8) is 0 Å². The summed E-state index contributed by atoms with van der Waals surface area (Å²) in [7, 11) is 1.93. The summed E-state index contributed by atoms with van der Waals surface area (Å²) in [5, 5.41) is 10.4. The molecule has 1 aliphatic carbocycles. The molecule has 6 heteroatoms. The molecule has 1 N–H and O–H groups in total. The molecule has 0 fully saturated rings. The lowest BCUT2D eigenvalue weighted by atomic mass is 9.95. The average molecular weight is 304 g/mol. The fraction of sp³-hybridized carbons (Fsp3) is 0.533. The van der Waals surface area contributed by atoms with Crippen molar-refractivity contribution in [1.82, 2.24) is 20.1 Å². The van der Waals surface area contributed by atoms with Gasteiger partial charge in [-0.15, -0.1) is 11.3 Å². The molecule has 2 heterocycles. The van der Waals surface area contributed by atoms with Crippen molar-refractivity contribution >= 4 is 17.2 Å². The molecule has 112 valence electrons. The van der Waals surface area contributed by atoms with Crippen molar-refractivity contribution in [3.8, 4) is 0 Å². The van der Waals surface area contributed by atoms with Gasteiger partial charge in [-0.2, -0.15) is 5.10 Å². The van der Waals surface area contributed by atoms with Crippen molar-refractivity contribution in [2.45, 2.75) is 45.1 Å². The molecule has 21 heavy (non-hydrogen) atoms. The second kappa shape index (κ2) is 5.97. The van der Waals surface area contributed by atoms with E-state index in [0.717, 1.165) is 36.3 Å². The normalized spacial score (nSPS) is 15.5. The lowest BCUT2D eigenvalue weighted by molar-refractivity contribution is 0.0928. The third kappa shape index (κ3) is 2.72. The van der Waals surface area contributed by atoms with Crippen molar-refractivity contribution in [2.75, 3.05) is 0 Å². The number of hydrogen-bond acceptors (Lipinski definition) is 4. The smallest absolute Gasteiger partial charge is 0.272 e. The minimum absolute atomic E-state index is 0.0289. The zero-order valence-corrected chi connectivity index (χ0v) is 13.2. The molecule has 0 saturated carbocycles. The second-order valence-corrected chi connectivity index (χ2v) is 6.34. The molecule has 0 bridgehead atoms. The van der Waals surface area contributed by atoms with Crippen molar-refractivity contribution in [3.05, 3.63) is 33.5 Å². The van der Waals surface area contributed by atoms with Gasteiger partial charge >= 0.3 is 0 Å². The van der Waals surface area contributed by atoms with Gasteiger partial charge in [-0.25, -0.2) is 4.98 Å². The molecular formula is C15H20N4OS. The van der Waals surface area contributed by atoms with Crippen LogP contribution in [-0.4, -0.2) is 20.7 Å². The average Bonchev–Trinajstić information content (AvgIpc) is 3.13. The summed E-state index contributed by atoms with van der Waals surface area (Å²) in [6.45, 7) is 2.06. The number of aromatic nitrogens is 3. The molecule has 1 amide bonds. The Morgan fingerprint density at radius 1 is 1.48 bits per heavy atom. The van der Waals surface area contributed by atoms with E-state index in [4.69, 9.17) is 0 Å². The lowest BCUT2D eigenvalue weighted by Gasteiger charge is -2.15. The van der Waals surface area contributed by atoms with Gasteiger partial charge in [0, 0.05) is 29.9 Å². The number of rotatable bonds is 4. The van der Waals surface area contributed by atoms with E-state index >= 15 is 0 Å². The van der Waals surface area contributed by atoms with Gasteiger partial charge < -0.3 is 5.32 Å². The van der Waals surface area contributed by atoms with Crippen LogP contribution >= 0.6 is 11.3 Å². The minimum atomic E-state index is -0.0733. The highest BCUT2D eigenvalue weighted by molar-refractivity contribution is 7.09. The highest BCUT2D eigenvalue weighted by atomic mass is 32.1. The van der Waals surface area contributed by atoms with Gasteiger partial charge in [-0.1, -0.05) is 6.92 Å². The molecule has 1 aliphatic rings. The third-order valence-corrected chi connectivity index (χ3v) is 4.93. The first kappa shape index (κ1) is 14.3. The van der Waals surface area contributed by atoms with Crippen molar-refractivity contribution in [1.29, 1.82) is 0 Å². The van der Waals surface area contributed by atoms with Crippen LogP contribution in [0.25, 0.3) is 0 Å². The van der Waals surface area contributed by atoms with E-state index in [1.54, 1.807) is 17.5 Å². The van der Waals surface area contributed by atoms with Gasteiger partial charge in [0.05, 0.1) is 6.04 Å². The first-order valence-electron chi connectivity index (χ1n) is 7.45. The molecule has 0 unspecified atom stereocenters. The molecule has 2 aromatic heterocycles. The molecule has 0 saturated heterocycles. The summed E-state index contributed by atoms with van der Waals surface area (Å²) in [5.41, 5.74) is 2.95. The van der Waals surface area contributed by atoms with E-state index in [-0.39, 0.29) is 11.9 Å². The largest absolute Gasteiger partial charge is 0.341 e. The van der Waals surface area contributed by atoms with Crippen molar-refractivity contribution in [2.24, 2.45) is 7.05 Å². The maximum absolute atomic E-state index is 12.6. The minimum Gasteiger partial charge on any atom is -0.341 e. The van der Waals surface area contributed by atoms with Crippen molar-refractivity contribution < 1.29 is 4.79 Å².